The molecule has 3 nitrogen and oxygen atoms in total. The SMILES string of the molecule is CCC(=CCN(CC)CC1CC1)C(=O)OC. The maximum absolute atomic E-state index is 11.4. The maximum atomic E-state index is 11.4. The number of methoxy groups -OCH3 is 1. The van der Waals surface area contributed by atoms with Crippen molar-refractivity contribution < 1.29 is 9.53 Å². The third kappa shape index (κ3) is 4.35. The van der Waals surface area contributed by atoms with Gasteiger partial charge in [-0.05, 0) is 31.7 Å². The van der Waals surface area contributed by atoms with Gasteiger partial charge in [-0.15, -0.1) is 0 Å². The van der Waals surface area contributed by atoms with Crippen molar-refractivity contribution in [2.45, 2.75) is 33.1 Å². The van der Waals surface area contributed by atoms with Gasteiger partial charge in [0.05, 0.1) is 7.11 Å². The Bertz CT molecular complexity index is 257. The Kier molecular flexibility index (Phi) is 5.53. The lowest BCUT2D eigenvalue weighted by molar-refractivity contribution is -0.136. The van der Waals surface area contributed by atoms with Gasteiger partial charge >= 0.3 is 5.97 Å². The Morgan fingerprint density at radius 2 is 2.12 bits per heavy atom. The van der Waals surface area contributed by atoms with Gasteiger partial charge in [-0.3, -0.25) is 4.90 Å². The van der Waals surface area contributed by atoms with Crippen LogP contribution in [0.4, 0.5) is 0 Å². The van der Waals surface area contributed by atoms with Gasteiger partial charge in [0, 0.05) is 18.7 Å². The molecule has 0 spiro atoms. The summed E-state index contributed by atoms with van der Waals surface area (Å²) >= 11 is 0. The highest BCUT2D eigenvalue weighted by Crippen LogP contribution is 2.29. The molecule has 0 aromatic heterocycles. The van der Waals surface area contributed by atoms with E-state index in [0.29, 0.717) is 0 Å². The first-order valence-corrected chi connectivity index (χ1v) is 6.20. The van der Waals surface area contributed by atoms with Crippen LogP contribution in [-0.2, 0) is 9.53 Å². The fourth-order valence-electron chi connectivity index (χ4n) is 1.74. The molecule has 0 aromatic rings. The van der Waals surface area contributed by atoms with E-state index in [9.17, 15) is 4.79 Å². The molecule has 0 bridgehead atoms. The van der Waals surface area contributed by atoms with E-state index in [4.69, 9.17) is 4.74 Å². The third-order valence-electron chi connectivity index (χ3n) is 3.08. The standard InChI is InChI=1S/C13H23NO2/c1-4-12(13(15)16-3)8-9-14(5-2)10-11-6-7-11/h8,11H,4-7,9-10H2,1-3H3. The van der Waals surface area contributed by atoms with Crippen LogP contribution in [0.15, 0.2) is 11.6 Å². The summed E-state index contributed by atoms with van der Waals surface area (Å²) in [5.74, 6) is 0.710. The van der Waals surface area contributed by atoms with E-state index < -0.39 is 0 Å². The number of esters is 1. The Morgan fingerprint density at radius 1 is 1.44 bits per heavy atom. The average Bonchev–Trinajstić information content (AvgIpc) is 3.11. The van der Waals surface area contributed by atoms with E-state index in [-0.39, 0.29) is 5.97 Å². The highest BCUT2D eigenvalue weighted by atomic mass is 16.5. The minimum absolute atomic E-state index is 0.190. The first-order chi connectivity index (χ1) is 7.71. The van der Waals surface area contributed by atoms with Crippen molar-refractivity contribution in [2.75, 3.05) is 26.7 Å². The summed E-state index contributed by atoms with van der Waals surface area (Å²) in [6, 6.07) is 0. The molecule has 1 aliphatic carbocycles. The lowest BCUT2D eigenvalue weighted by Crippen LogP contribution is -2.26. The van der Waals surface area contributed by atoms with Crippen LogP contribution < -0.4 is 0 Å². The van der Waals surface area contributed by atoms with Gasteiger partial charge in [-0.2, -0.15) is 0 Å². The van der Waals surface area contributed by atoms with Gasteiger partial charge in [-0.1, -0.05) is 19.9 Å². The van der Waals surface area contributed by atoms with Gasteiger partial charge in [0.1, 0.15) is 0 Å². The minimum atomic E-state index is -0.190. The predicted octanol–water partition coefficient (Wildman–Crippen LogP) is 2.23. The lowest BCUT2D eigenvalue weighted by Gasteiger charge is -2.18. The Morgan fingerprint density at radius 3 is 2.56 bits per heavy atom. The first kappa shape index (κ1) is 13.2. The Balaban J connectivity index is 2.42. The third-order valence-corrected chi connectivity index (χ3v) is 3.08. The fourth-order valence-corrected chi connectivity index (χ4v) is 1.74. The summed E-state index contributed by atoms with van der Waals surface area (Å²) in [4.78, 5) is 13.8. The van der Waals surface area contributed by atoms with Crippen LogP contribution in [-0.4, -0.2) is 37.6 Å². The summed E-state index contributed by atoms with van der Waals surface area (Å²) in [5.41, 5.74) is 0.789. The minimum Gasteiger partial charge on any atom is -0.466 e. The molecule has 0 amide bonds. The van der Waals surface area contributed by atoms with Gasteiger partial charge in [0.2, 0.25) is 0 Å². The quantitative estimate of drug-likeness (QED) is 0.491. The lowest BCUT2D eigenvalue weighted by atomic mass is 10.2. The zero-order chi connectivity index (χ0) is 12.0. The monoisotopic (exact) mass is 225 g/mol. The van der Waals surface area contributed by atoms with Crippen LogP contribution in [0.25, 0.3) is 0 Å². The van der Waals surface area contributed by atoms with Crippen LogP contribution in [0.5, 0.6) is 0 Å². The molecule has 1 saturated carbocycles. The molecule has 0 heterocycles. The zero-order valence-corrected chi connectivity index (χ0v) is 10.7. The summed E-state index contributed by atoms with van der Waals surface area (Å²) in [7, 11) is 1.44. The van der Waals surface area contributed by atoms with E-state index >= 15 is 0 Å². The second kappa shape index (κ2) is 6.69. The van der Waals surface area contributed by atoms with Crippen molar-refractivity contribution >= 4 is 5.97 Å². The molecular formula is C13H23NO2. The van der Waals surface area contributed by atoms with Crippen LogP contribution in [0, 0.1) is 5.92 Å². The van der Waals surface area contributed by atoms with Crippen molar-refractivity contribution in [3.05, 3.63) is 11.6 Å². The van der Waals surface area contributed by atoms with E-state index in [0.717, 1.165) is 31.0 Å². The van der Waals surface area contributed by atoms with Gasteiger partial charge in [-0.25, -0.2) is 4.79 Å². The van der Waals surface area contributed by atoms with E-state index in [1.165, 1.54) is 26.5 Å². The number of hydrogen-bond donors (Lipinski definition) is 0. The Labute approximate surface area is 98.5 Å². The average molecular weight is 225 g/mol. The summed E-state index contributed by atoms with van der Waals surface area (Å²) < 4.78 is 4.74. The van der Waals surface area contributed by atoms with Crippen LogP contribution in [0.3, 0.4) is 0 Å². The predicted molar refractivity (Wildman–Crippen MR) is 65.2 cm³/mol. The van der Waals surface area contributed by atoms with Crippen molar-refractivity contribution in [1.29, 1.82) is 0 Å². The smallest absolute Gasteiger partial charge is 0.333 e. The molecule has 92 valence electrons. The number of hydrogen-bond acceptors (Lipinski definition) is 3. The van der Waals surface area contributed by atoms with E-state index in [1.54, 1.807) is 0 Å². The Hall–Kier alpha value is -0.830. The largest absolute Gasteiger partial charge is 0.466 e. The van der Waals surface area contributed by atoms with Crippen LogP contribution in [0.2, 0.25) is 0 Å². The zero-order valence-electron chi connectivity index (χ0n) is 10.7. The number of nitrogens with zero attached hydrogens (tertiary/aromatic N) is 1. The van der Waals surface area contributed by atoms with Crippen molar-refractivity contribution in [1.82, 2.24) is 4.90 Å². The molecule has 0 radical (unpaired) electrons. The molecule has 1 rings (SSSR count). The number of ether oxygens (including phenoxy) is 1. The molecular weight excluding hydrogens is 202 g/mol. The van der Waals surface area contributed by atoms with Gasteiger partial charge in [0.25, 0.3) is 0 Å². The van der Waals surface area contributed by atoms with Gasteiger partial charge < -0.3 is 4.74 Å². The summed E-state index contributed by atoms with van der Waals surface area (Å²) in [6.07, 6.45) is 5.50. The number of likely N-dealkylation sites (N-methyl/N-ethyl adjacent to an activating group) is 1. The second-order valence-electron chi connectivity index (χ2n) is 4.37. The first-order valence-electron chi connectivity index (χ1n) is 6.20. The van der Waals surface area contributed by atoms with Crippen molar-refractivity contribution in [3.8, 4) is 0 Å². The van der Waals surface area contributed by atoms with E-state index in [1.807, 2.05) is 13.0 Å². The second-order valence-corrected chi connectivity index (χ2v) is 4.37. The van der Waals surface area contributed by atoms with E-state index in [2.05, 4.69) is 11.8 Å². The topological polar surface area (TPSA) is 29.5 Å². The number of carbonyl (C=O) groups is 1. The molecule has 0 atom stereocenters. The van der Waals surface area contributed by atoms with Crippen molar-refractivity contribution in [3.63, 3.8) is 0 Å². The normalized spacial score (nSPS) is 16.6. The molecule has 0 N–H and O–H groups in total. The van der Waals surface area contributed by atoms with Crippen LogP contribution in [0.1, 0.15) is 33.1 Å². The highest BCUT2D eigenvalue weighted by Gasteiger charge is 2.23. The molecule has 0 aromatic carbocycles. The van der Waals surface area contributed by atoms with Crippen LogP contribution >= 0.6 is 0 Å². The molecule has 1 fully saturated rings. The molecule has 0 saturated heterocycles. The molecule has 0 unspecified atom stereocenters. The molecule has 16 heavy (non-hydrogen) atoms. The summed E-state index contributed by atoms with van der Waals surface area (Å²) in [5, 5.41) is 0. The number of rotatable bonds is 7. The summed E-state index contributed by atoms with van der Waals surface area (Å²) in [6.45, 7) is 7.24. The molecule has 3 heteroatoms. The molecule has 1 aliphatic rings. The highest BCUT2D eigenvalue weighted by molar-refractivity contribution is 5.88. The molecule has 0 aliphatic heterocycles. The fraction of sp³-hybridized carbons (Fsp3) is 0.769. The number of carbonyl (C=O) groups excluding carboxylic acids is 1. The van der Waals surface area contributed by atoms with Gasteiger partial charge in [0.15, 0.2) is 0 Å². The van der Waals surface area contributed by atoms with Crippen molar-refractivity contribution in [2.24, 2.45) is 5.92 Å². The maximum Gasteiger partial charge on any atom is 0.333 e.